The molecule has 1 aliphatic rings. The lowest BCUT2D eigenvalue weighted by Crippen LogP contribution is -2.19. The molecule has 0 spiro atoms. The van der Waals surface area contributed by atoms with E-state index < -0.39 is 17.5 Å². The Morgan fingerprint density at radius 3 is 2.58 bits per heavy atom. The van der Waals surface area contributed by atoms with Gasteiger partial charge in [-0.05, 0) is 30.5 Å². The van der Waals surface area contributed by atoms with Gasteiger partial charge in [0.1, 0.15) is 0 Å². The van der Waals surface area contributed by atoms with Crippen LogP contribution in [0.3, 0.4) is 0 Å². The lowest BCUT2D eigenvalue weighted by atomic mass is 9.93. The molecule has 0 bridgehead atoms. The molecule has 98 valence electrons. The maximum absolute atomic E-state index is 13.8. The molecule has 2 aromatic carbocycles. The Morgan fingerprint density at radius 2 is 1.74 bits per heavy atom. The molecule has 0 amide bonds. The third-order valence-electron chi connectivity index (χ3n) is 3.49. The van der Waals surface area contributed by atoms with Gasteiger partial charge in [-0.2, -0.15) is 0 Å². The van der Waals surface area contributed by atoms with Gasteiger partial charge in [-0.25, -0.2) is 13.2 Å². The van der Waals surface area contributed by atoms with Gasteiger partial charge in [-0.15, -0.1) is 0 Å². The molecule has 2 aromatic rings. The van der Waals surface area contributed by atoms with Gasteiger partial charge in [0.2, 0.25) is 0 Å². The summed E-state index contributed by atoms with van der Waals surface area (Å²) in [6.07, 6.45) is 1.44. The van der Waals surface area contributed by atoms with Crippen LogP contribution in [0.4, 0.5) is 18.9 Å². The van der Waals surface area contributed by atoms with Crippen LogP contribution in [-0.4, -0.2) is 0 Å². The highest BCUT2D eigenvalue weighted by atomic mass is 19.2. The fourth-order valence-corrected chi connectivity index (χ4v) is 2.48. The van der Waals surface area contributed by atoms with Gasteiger partial charge in [0.05, 0.1) is 6.04 Å². The van der Waals surface area contributed by atoms with Gasteiger partial charge < -0.3 is 5.32 Å². The minimum absolute atomic E-state index is 0.174. The molecule has 1 unspecified atom stereocenters. The van der Waals surface area contributed by atoms with Crippen molar-refractivity contribution in [2.75, 3.05) is 5.32 Å². The summed E-state index contributed by atoms with van der Waals surface area (Å²) in [5.74, 6) is -3.66. The second kappa shape index (κ2) is 4.61. The number of nitrogens with one attached hydrogen (secondary N) is 1. The smallest absolute Gasteiger partial charge is 0.194 e. The summed E-state index contributed by atoms with van der Waals surface area (Å²) >= 11 is 0. The Morgan fingerprint density at radius 1 is 0.947 bits per heavy atom. The zero-order valence-corrected chi connectivity index (χ0v) is 10.1. The third kappa shape index (κ3) is 2.07. The summed E-state index contributed by atoms with van der Waals surface area (Å²) in [6, 6.07) is 9.67. The van der Waals surface area contributed by atoms with Crippen molar-refractivity contribution in [1.29, 1.82) is 0 Å². The monoisotopic (exact) mass is 263 g/mol. The summed E-state index contributed by atoms with van der Waals surface area (Å²) in [7, 11) is 0. The highest BCUT2D eigenvalue weighted by Gasteiger charge is 2.24. The van der Waals surface area contributed by atoms with Gasteiger partial charge in [0, 0.05) is 11.3 Å². The summed E-state index contributed by atoms with van der Waals surface area (Å²) in [4.78, 5) is 0. The Bertz CT molecular complexity index is 625. The van der Waals surface area contributed by atoms with Gasteiger partial charge in [0.15, 0.2) is 17.5 Å². The van der Waals surface area contributed by atoms with E-state index in [1.807, 2.05) is 24.3 Å². The van der Waals surface area contributed by atoms with E-state index in [1.54, 1.807) is 0 Å². The minimum Gasteiger partial charge on any atom is -0.378 e. The van der Waals surface area contributed by atoms with E-state index >= 15 is 0 Å². The second-order valence-electron chi connectivity index (χ2n) is 4.66. The molecule has 1 nitrogen and oxygen atoms in total. The summed E-state index contributed by atoms with van der Waals surface area (Å²) in [5.41, 5.74) is 2.25. The van der Waals surface area contributed by atoms with E-state index in [0.29, 0.717) is 6.42 Å². The normalized spacial score (nSPS) is 17.7. The van der Waals surface area contributed by atoms with Crippen molar-refractivity contribution < 1.29 is 13.2 Å². The topological polar surface area (TPSA) is 12.0 Å². The van der Waals surface area contributed by atoms with Crippen LogP contribution < -0.4 is 5.32 Å². The average Bonchev–Trinajstić information content (AvgIpc) is 2.44. The maximum atomic E-state index is 13.8. The minimum atomic E-state index is -1.40. The van der Waals surface area contributed by atoms with Gasteiger partial charge >= 0.3 is 0 Å². The van der Waals surface area contributed by atoms with Crippen molar-refractivity contribution >= 4 is 5.69 Å². The quantitative estimate of drug-likeness (QED) is 0.760. The van der Waals surface area contributed by atoms with Crippen LogP contribution in [0.2, 0.25) is 0 Å². The van der Waals surface area contributed by atoms with Gasteiger partial charge in [-0.3, -0.25) is 0 Å². The summed E-state index contributed by atoms with van der Waals surface area (Å²) in [6.45, 7) is 0. The Kier molecular flexibility index (Phi) is 2.93. The Hall–Kier alpha value is -1.97. The summed E-state index contributed by atoms with van der Waals surface area (Å²) < 4.78 is 40.0. The van der Waals surface area contributed by atoms with E-state index in [1.165, 1.54) is 6.07 Å². The lowest BCUT2D eigenvalue weighted by Gasteiger charge is -2.27. The number of hydrogen-bond donors (Lipinski definition) is 1. The number of halogens is 3. The molecular weight excluding hydrogens is 251 g/mol. The van der Waals surface area contributed by atoms with E-state index in [0.717, 1.165) is 23.7 Å². The predicted molar refractivity (Wildman–Crippen MR) is 67.4 cm³/mol. The molecule has 1 heterocycles. The van der Waals surface area contributed by atoms with Crippen molar-refractivity contribution in [3.8, 4) is 0 Å². The van der Waals surface area contributed by atoms with E-state index in [-0.39, 0.29) is 11.6 Å². The molecule has 0 radical (unpaired) electrons. The second-order valence-corrected chi connectivity index (χ2v) is 4.66. The maximum Gasteiger partial charge on any atom is 0.194 e. The molecule has 3 rings (SSSR count). The van der Waals surface area contributed by atoms with Crippen molar-refractivity contribution in [3.63, 3.8) is 0 Å². The SMILES string of the molecule is Fc1ccc(C2CCc3ccccc3N2)c(F)c1F. The highest BCUT2D eigenvalue weighted by Crippen LogP contribution is 2.34. The first-order valence-electron chi connectivity index (χ1n) is 6.14. The summed E-state index contributed by atoms with van der Waals surface area (Å²) in [5, 5.41) is 3.17. The fourth-order valence-electron chi connectivity index (χ4n) is 2.48. The molecular formula is C15H12F3N. The number of anilines is 1. The van der Waals surface area contributed by atoms with Crippen LogP contribution in [-0.2, 0) is 6.42 Å². The first-order chi connectivity index (χ1) is 9.16. The van der Waals surface area contributed by atoms with Gasteiger partial charge in [0.25, 0.3) is 0 Å². The molecule has 0 saturated carbocycles. The predicted octanol–water partition coefficient (Wildman–Crippen LogP) is 4.20. The van der Waals surface area contributed by atoms with Crippen molar-refractivity contribution in [3.05, 3.63) is 65.0 Å². The number of fused-ring (bicyclic) bond motifs is 1. The van der Waals surface area contributed by atoms with Crippen LogP contribution in [0.15, 0.2) is 36.4 Å². The molecule has 1 aliphatic heterocycles. The van der Waals surface area contributed by atoms with Crippen LogP contribution in [0, 0.1) is 17.5 Å². The average molecular weight is 263 g/mol. The van der Waals surface area contributed by atoms with Crippen LogP contribution in [0.25, 0.3) is 0 Å². The molecule has 0 aromatic heterocycles. The zero-order chi connectivity index (χ0) is 13.4. The van der Waals surface area contributed by atoms with E-state index in [4.69, 9.17) is 0 Å². The molecule has 0 saturated heterocycles. The number of rotatable bonds is 1. The Labute approximate surface area is 109 Å². The number of benzene rings is 2. The van der Waals surface area contributed by atoms with Crippen molar-refractivity contribution in [2.45, 2.75) is 18.9 Å². The molecule has 0 fully saturated rings. The zero-order valence-electron chi connectivity index (χ0n) is 10.1. The van der Waals surface area contributed by atoms with Crippen LogP contribution in [0.1, 0.15) is 23.6 Å². The fraction of sp³-hybridized carbons (Fsp3) is 0.200. The van der Waals surface area contributed by atoms with Crippen LogP contribution in [0.5, 0.6) is 0 Å². The number of aryl methyl sites for hydroxylation is 1. The lowest BCUT2D eigenvalue weighted by molar-refractivity contribution is 0.435. The molecule has 1 atom stereocenters. The highest BCUT2D eigenvalue weighted by molar-refractivity contribution is 5.55. The van der Waals surface area contributed by atoms with E-state index in [9.17, 15) is 13.2 Å². The third-order valence-corrected chi connectivity index (χ3v) is 3.49. The van der Waals surface area contributed by atoms with Gasteiger partial charge in [-0.1, -0.05) is 24.3 Å². The molecule has 1 N–H and O–H groups in total. The molecule has 0 aliphatic carbocycles. The number of para-hydroxylation sites is 1. The molecule has 19 heavy (non-hydrogen) atoms. The Balaban J connectivity index is 1.96. The van der Waals surface area contributed by atoms with Crippen LogP contribution >= 0.6 is 0 Å². The molecule has 4 heteroatoms. The largest absolute Gasteiger partial charge is 0.378 e. The van der Waals surface area contributed by atoms with Crippen molar-refractivity contribution in [2.24, 2.45) is 0 Å². The first kappa shape index (κ1) is 12.1. The van der Waals surface area contributed by atoms with Crippen molar-refractivity contribution in [1.82, 2.24) is 0 Å². The number of hydrogen-bond acceptors (Lipinski definition) is 1. The standard InChI is InChI=1S/C15H12F3N/c16-11-7-6-10(14(17)15(11)18)13-8-5-9-3-1-2-4-12(9)19-13/h1-4,6-7,13,19H,5,8H2. The van der Waals surface area contributed by atoms with E-state index in [2.05, 4.69) is 5.32 Å². The first-order valence-corrected chi connectivity index (χ1v) is 6.14.